The number of hydrogen-bond donors (Lipinski definition) is 2. The lowest BCUT2D eigenvalue weighted by Crippen LogP contribution is -2.44. The summed E-state index contributed by atoms with van der Waals surface area (Å²) in [6.07, 6.45) is 0.777. The number of carboxylic acids is 1. The fraction of sp³-hybridized carbons (Fsp3) is 0.417. The Bertz CT molecular complexity index is 651. The molecule has 2 N–H and O–H groups in total. The predicted octanol–water partition coefficient (Wildman–Crippen LogP) is 1.42. The van der Waals surface area contributed by atoms with Gasteiger partial charge in [0.25, 0.3) is 0 Å². The summed E-state index contributed by atoms with van der Waals surface area (Å²) in [6, 6.07) is 2.41. The van der Waals surface area contributed by atoms with Crippen molar-refractivity contribution in [3.05, 3.63) is 29.8 Å². The van der Waals surface area contributed by atoms with Crippen LogP contribution >= 0.6 is 0 Å². The van der Waals surface area contributed by atoms with Crippen molar-refractivity contribution in [3.8, 4) is 0 Å². The Kier molecular flexibility index (Phi) is 4.43. The quantitative estimate of drug-likeness (QED) is 0.878. The molecule has 0 aliphatic carbocycles. The number of carbonyl (C=O) groups is 1. The second-order valence-corrected chi connectivity index (χ2v) is 6.44. The van der Waals surface area contributed by atoms with E-state index in [0.717, 1.165) is 22.5 Å². The van der Waals surface area contributed by atoms with E-state index in [9.17, 15) is 22.0 Å². The summed E-state index contributed by atoms with van der Waals surface area (Å²) in [5, 5.41) is 8.94. The van der Waals surface area contributed by atoms with Gasteiger partial charge in [-0.05, 0) is 25.0 Å². The minimum atomic E-state index is -4.13. The number of benzene rings is 1. The molecule has 1 heterocycles. The maximum atomic E-state index is 13.5. The fourth-order valence-corrected chi connectivity index (χ4v) is 3.45. The molecule has 1 unspecified atom stereocenters. The summed E-state index contributed by atoms with van der Waals surface area (Å²) in [7, 11) is -4.13. The topological polar surface area (TPSA) is 86.7 Å². The lowest BCUT2D eigenvalue weighted by molar-refractivity contribution is -0.142. The van der Waals surface area contributed by atoms with E-state index in [-0.39, 0.29) is 13.1 Å². The number of piperidine rings is 1. The van der Waals surface area contributed by atoms with Crippen molar-refractivity contribution in [1.29, 1.82) is 0 Å². The van der Waals surface area contributed by atoms with Gasteiger partial charge in [-0.15, -0.1) is 0 Å². The molecule has 9 heteroatoms. The molecule has 0 bridgehead atoms. The van der Waals surface area contributed by atoms with Gasteiger partial charge in [0.1, 0.15) is 11.6 Å². The van der Waals surface area contributed by atoms with Crippen molar-refractivity contribution in [2.45, 2.75) is 12.8 Å². The number of rotatable bonds is 4. The molecule has 1 atom stereocenters. The minimum Gasteiger partial charge on any atom is -0.481 e. The van der Waals surface area contributed by atoms with Crippen LogP contribution in [-0.2, 0) is 15.0 Å². The third kappa shape index (κ3) is 3.67. The highest BCUT2D eigenvalue weighted by atomic mass is 32.2. The Morgan fingerprint density at radius 3 is 2.76 bits per heavy atom. The summed E-state index contributed by atoms with van der Waals surface area (Å²) >= 11 is 0. The first-order chi connectivity index (χ1) is 9.79. The van der Waals surface area contributed by atoms with Crippen molar-refractivity contribution in [1.82, 2.24) is 4.31 Å². The van der Waals surface area contributed by atoms with Crippen LogP contribution in [0.15, 0.2) is 18.2 Å². The van der Waals surface area contributed by atoms with E-state index in [2.05, 4.69) is 0 Å². The maximum Gasteiger partial charge on any atom is 0.307 e. The van der Waals surface area contributed by atoms with Crippen molar-refractivity contribution in [2.75, 3.05) is 17.8 Å². The number of anilines is 1. The number of carboxylic acid groups (broad SMARTS) is 1. The molecule has 1 aliphatic heterocycles. The van der Waals surface area contributed by atoms with Gasteiger partial charge in [0.05, 0.1) is 11.6 Å². The molecule has 116 valence electrons. The molecule has 1 aromatic carbocycles. The molecule has 1 aliphatic rings. The van der Waals surface area contributed by atoms with E-state index in [1.54, 1.807) is 0 Å². The van der Waals surface area contributed by atoms with Gasteiger partial charge in [0.15, 0.2) is 0 Å². The Labute approximate surface area is 120 Å². The molecule has 21 heavy (non-hydrogen) atoms. The van der Waals surface area contributed by atoms with Crippen LogP contribution in [0.25, 0.3) is 0 Å². The zero-order chi connectivity index (χ0) is 15.6. The van der Waals surface area contributed by atoms with Gasteiger partial charge in [0.2, 0.25) is 0 Å². The lowest BCUT2D eigenvalue weighted by atomic mass is 10.0. The highest BCUT2D eigenvalue weighted by Gasteiger charge is 2.32. The summed E-state index contributed by atoms with van der Waals surface area (Å²) < 4.78 is 53.6. The Hall–Kier alpha value is -1.74. The average molecular weight is 320 g/mol. The highest BCUT2D eigenvalue weighted by molar-refractivity contribution is 7.90. The third-order valence-corrected chi connectivity index (χ3v) is 4.73. The Morgan fingerprint density at radius 2 is 2.10 bits per heavy atom. The van der Waals surface area contributed by atoms with Crippen LogP contribution in [0.2, 0.25) is 0 Å². The van der Waals surface area contributed by atoms with E-state index in [0.29, 0.717) is 12.8 Å². The molecule has 1 saturated heterocycles. The summed E-state index contributed by atoms with van der Waals surface area (Å²) in [5.74, 6) is -3.57. The smallest absolute Gasteiger partial charge is 0.307 e. The van der Waals surface area contributed by atoms with Crippen LogP contribution in [0, 0.1) is 17.6 Å². The predicted molar refractivity (Wildman–Crippen MR) is 70.8 cm³/mol. The van der Waals surface area contributed by atoms with Gasteiger partial charge in [-0.25, -0.2) is 8.78 Å². The molecule has 0 spiro atoms. The number of nitrogens with one attached hydrogen (secondary N) is 1. The number of hydrogen-bond acceptors (Lipinski definition) is 3. The summed E-state index contributed by atoms with van der Waals surface area (Å²) in [4.78, 5) is 10.9. The Morgan fingerprint density at radius 1 is 1.38 bits per heavy atom. The Balaban J connectivity index is 2.18. The van der Waals surface area contributed by atoms with Gasteiger partial charge in [-0.2, -0.15) is 12.7 Å². The van der Waals surface area contributed by atoms with Crippen LogP contribution in [0.3, 0.4) is 0 Å². The SMILES string of the molecule is O=C(O)C1CCCN(S(=O)(=O)Nc2cc(F)ccc2F)C1. The van der Waals surface area contributed by atoms with E-state index < -0.39 is 39.4 Å². The van der Waals surface area contributed by atoms with Gasteiger partial charge in [-0.3, -0.25) is 9.52 Å². The van der Waals surface area contributed by atoms with Crippen molar-refractivity contribution >= 4 is 21.9 Å². The molecule has 0 aromatic heterocycles. The first-order valence-electron chi connectivity index (χ1n) is 6.25. The number of nitrogens with zero attached hydrogens (tertiary/aromatic N) is 1. The van der Waals surface area contributed by atoms with Gasteiger partial charge in [0, 0.05) is 19.2 Å². The molecule has 6 nitrogen and oxygen atoms in total. The van der Waals surface area contributed by atoms with E-state index in [1.807, 2.05) is 4.72 Å². The first-order valence-corrected chi connectivity index (χ1v) is 7.69. The second-order valence-electron chi connectivity index (χ2n) is 4.77. The van der Waals surface area contributed by atoms with Crippen molar-refractivity contribution in [3.63, 3.8) is 0 Å². The van der Waals surface area contributed by atoms with E-state index >= 15 is 0 Å². The third-order valence-electron chi connectivity index (χ3n) is 3.24. The van der Waals surface area contributed by atoms with Gasteiger partial charge >= 0.3 is 16.2 Å². The summed E-state index contributed by atoms with van der Waals surface area (Å²) in [5.41, 5.74) is -0.507. The van der Waals surface area contributed by atoms with Crippen LogP contribution in [0.5, 0.6) is 0 Å². The van der Waals surface area contributed by atoms with E-state index in [4.69, 9.17) is 5.11 Å². The number of aliphatic carboxylic acids is 1. The average Bonchev–Trinajstić information content (AvgIpc) is 2.43. The molecule has 1 fully saturated rings. The molecular weight excluding hydrogens is 306 g/mol. The zero-order valence-electron chi connectivity index (χ0n) is 10.9. The lowest BCUT2D eigenvalue weighted by Gasteiger charge is -2.29. The minimum absolute atomic E-state index is 0.135. The molecule has 1 aromatic rings. The molecular formula is C12H14F2N2O4S. The summed E-state index contributed by atoms with van der Waals surface area (Å²) in [6.45, 7) is -0.0579. The monoisotopic (exact) mass is 320 g/mol. The van der Waals surface area contributed by atoms with E-state index in [1.165, 1.54) is 0 Å². The van der Waals surface area contributed by atoms with Gasteiger partial charge < -0.3 is 5.11 Å². The van der Waals surface area contributed by atoms with Crippen molar-refractivity contribution in [2.24, 2.45) is 5.92 Å². The van der Waals surface area contributed by atoms with Crippen LogP contribution in [0.4, 0.5) is 14.5 Å². The largest absolute Gasteiger partial charge is 0.481 e. The van der Waals surface area contributed by atoms with Gasteiger partial charge in [-0.1, -0.05) is 0 Å². The van der Waals surface area contributed by atoms with Crippen LogP contribution < -0.4 is 4.72 Å². The first kappa shape index (κ1) is 15.6. The zero-order valence-corrected chi connectivity index (χ0v) is 11.7. The molecule has 0 radical (unpaired) electrons. The number of halogens is 2. The second kappa shape index (κ2) is 5.94. The maximum absolute atomic E-state index is 13.5. The molecule has 0 saturated carbocycles. The molecule has 2 rings (SSSR count). The normalized spacial score (nSPS) is 20.2. The van der Waals surface area contributed by atoms with Crippen LogP contribution in [-0.4, -0.2) is 36.9 Å². The highest BCUT2D eigenvalue weighted by Crippen LogP contribution is 2.22. The fourth-order valence-electron chi connectivity index (χ4n) is 2.14. The standard InChI is InChI=1S/C12H14F2N2O4S/c13-9-3-4-10(14)11(6-9)15-21(19,20)16-5-1-2-8(7-16)12(17)18/h3-4,6,8,15H,1-2,5,7H2,(H,17,18). The van der Waals surface area contributed by atoms with Crippen LogP contribution in [0.1, 0.15) is 12.8 Å². The van der Waals surface area contributed by atoms with Crippen molar-refractivity contribution < 1.29 is 27.1 Å². The molecule has 0 amide bonds.